The third-order valence-corrected chi connectivity index (χ3v) is 1.44. The first-order valence-electron chi connectivity index (χ1n) is 3.67. The van der Waals surface area contributed by atoms with Gasteiger partial charge in [-0.15, -0.1) is 0 Å². The molecular weight excluding hydrogens is 152 g/mol. The summed E-state index contributed by atoms with van der Waals surface area (Å²) in [7, 11) is 0. The van der Waals surface area contributed by atoms with Crippen molar-refractivity contribution in [3.8, 4) is 0 Å². The van der Waals surface area contributed by atoms with Crippen LogP contribution in [0.5, 0.6) is 0 Å². The van der Waals surface area contributed by atoms with Gasteiger partial charge in [-0.05, 0) is 12.3 Å². The molecule has 0 aromatic heterocycles. The predicted molar refractivity (Wildman–Crippen MR) is 39.4 cm³/mol. The zero-order chi connectivity index (χ0) is 9.02. The first-order chi connectivity index (χ1) is 4.95. The molecule has 0 radical (unpaired) electrons. The van der Waals surface area contributed by atoms with Gasteiger partial charge >= 0.3 is 0 Å². The Morgan fingerprint density at radius 2 is 1.82 bits per heavy atom. The van der Waals surface area contributed by atoms with Crippen LogP contribution in [-0.4, -0.2) is 23.7 Å². The monoisotopic (exact) mass is 167 g/mol. The van der Waals surface area contributed by atoms with Gasteiger partial charge in [0.1, 0.15) is 6.10 Å². The standard InChI is InChI=1S/C7H15F2NO/c1-4(2)3-5(10)6(11)7(8)9/h4-7,11H,3,10H2,1-2H3. The molecule has 0 saturated carbocycles. The molecule has 0 fully saturated rings. The van der Waals surface area contributed by atoms with E-state index in [1.807, 2.05) is 13.8 Å². The summed E-state index contributed by atoms with van der Waals surface area (Å²) < 4.78 is 23.6. The third kappa shape index (κ3) is 4.27. The average molecular weight is 167 g/mol. The van der Waals surface area contributed by atoms with Crippen LogP contribution in [-0.2, 0) is 0 Å². The zero-order valence-corrected chi connectivity index (χ0v) is 6.80. The molecule has 3 N–H and O–H groups in total. The fraction of sp³-hybridized carbons (Fsp3) is 1.00. The first kappa shape index (κ1) is 10.8. The Kier molecular flexibility index (Phi) is 4.52. The SMILES string of the molecule is CC(C)CC(N)C(O)C(F)F. The first-order valence-corrected chi connectivity index (χ1v) is 3.67. The Hall–Kier alpha value is -0.220. The van der Waals surface area contributed by atoms with Crippen molar-refractivity contribution in [2.24, 2.45) is 11.7 Å². The lowest BCUT2D eigenvalue weighted by molar-refractivity contribution is -0.0218. The van der Waals surface area contributed by atoms with Crippen LogP contribution in [0.2, 0.25) is 0 Å². The molecule has 2 atom stereocenters. The van der Waals surface area contributed by atoms with E-state index in [4.69, 9.17) is 10.8 Å². The number of rotatable bonds is 4. The molecule has 0 aromatic carbocycles. The summed E-state index contributed by atoms with van der Waals surface area (Å²) in [6, 6.07) is -0.810. The van der Waals surface area contributed by atoms with E-state index in [0.29, 0.717) is 6.42 Å². The fourth-order valence-electron chi connectivity index (χ4n) is 0.871. The van der Waals surface area contributed by atoms with Crippen LogP contribution in [0.4, 0.5) is 8.78 Å². The molecule has 0 rings (SSSR count). The van der Waals surface area contributed by atoms with Gasteiger partial charge in [0.2, 0.25) is 0 Å². The van der Waals surface area contributed by atoms with Crippen molar-refractivity contribution in [3.05, 3.63) is 0 Å². The summed E-state index contributed by atoms with van der Waals surface area (Å²) in [5.74, 6) is 0.235. The number of aliphatic hydroxyl groups excluding tert-OH is 1. The molecule has 68 valence electrons. The average Bonchev–Trinajstić information content (AvgIpc) is 1.84. The van der Waals surface area contributed by atoms with Crippen LogP contribution in [0.1, 0.15) is 20.3 Å². The Morgan fingerprint density at radius 1 is 1.36 bits per heavy atom. The minimum Gasteiger partial charge on any atom is -0.386 e. The van der Waals surface area contributed by atoms with Gasteiger partial charge in [-0.2, -0.15) is 0 Å². The molecule has 0 bridgehead atoms. The molecule has 0 amide bonds. The number of halogens is 2. The maximum absolute atomic E-state index is 11.8. The van der Waals surface area contributed by atoms with E-state index in [9.17, 15) is 8.78 Å². The van der Waals surface area contributed by atoms with Gasteiger partial charge < -0.3 is 10.8 Å². The second-order valence-corrected chi connectivity index (χ2v) is 3.12. The lowest BCUT2D eigenvalue weighted by Crippen LogP contribution is -2.40. The van der Waals surface area contributed by atoms with Gasteiger partial charge in [-0.25, -0.2) is 8.78 Å². The van der Waals surface area contributed by atoms with Crippen molar-refractivity contribution in [2.45, 2.75) is 38.8 Å². The summed E-state index contributed by atoms with van der Waals surface area (Å²) in [6.07, 6.45) is -3.99. The van der Waals surface area contributed by atoms with E-state index in [1.54, 1.807) is 0 Å². The second kappa shape index (κ2) is 4.62. The number of nitrogens with two attached hydrogens (primary N) is 1. The van der Waals surface area contributed by atoms with E-state index < -0.39 is 18.6 Å². The molecule has 0 aliphatic carbocycles. The van der Waals surface area contributed by atoms with E-state index in [-0.39, 0.29) is 5.92 Å². The molecular formula is C7H15F2NO. The van der Waals surface area contributed by atoms with E-state index >= 15 is 0 Å². The number of aliphatic hydroxyl groups is 1. The molecule has 11 heavy (non-hydrogen) atoms. The minimum atomic E-state index is -2.73. The summed E-state index contributed by atoms with van der Waals surface area (Å²) in [4.78, 5) is 0. The molecule has 0 heterocycles. The topological polar surface area (TPSA) is 46.2 Å². The highest BCUT2D eigenvalue weighted by Crippen LogP contribution is 2.11. The van der Waals surface area contributed by atoms with E-state index in [0.717, 1.165) is 0 Å². The molecule has 2 nitrogen and oxygen atoms in total. The van der Waals surface area contributed by atoms with Crippen LogP contribution in [0.3, 0.4) is 0 Å². The number of hydrogen-bond acceptors (Lipinski definition) is 2. The predicted octanol–water partition coefficient (Wildman–Crippen LogP) is 0.986. The normalized spacial score (nSPS) is 17.5. The molecule has 0 aliphatic rings. The molecule has 4 heteroatoms. The Bertz CT molecular complexity index is 109. The van der Waals surface area contributed by atoms with Crippen molar-refractivity contribution in [2.75, 3.05) is 0 Å². The van der Waals surface area contributed by atoms with Crippen LogP contribution < -0.4 is 5.73 Å². The van der Waals surface area contributed by atoms with Crippen molar-refractivity contribution in [1.82, 2.24) is 0 Å². The fourth-order valence-corrected chi connectivity index (χ4v) is 0.871. The highest BCUT2D eigenvalue weighted by Gasteiger charge is 2.24. The third-order valence-electron chi connectivity index (χ3n) is 1.44. The van der Waals surface area contributed by atoms with Crippen molar-refractivity contribution >= 4 is 0 Å². The van der Waals surface area contributed by atoms with Crippen LogP contribution in [0.25, 0.3) is 0 Å². The zero-order valence-electron chi connectivity index (χ0n) is 6.80. The van der Waals surface area contributed by atoms with Gasteiger partial charge in [-0.3, -0.25) is 0 Å². The Labute approximate surface area is 65.4 Å². The van der Waals surface area contributed by atoms with E-state index in [1.165, 1.54) is 0 Å². The van der Waals surface area contributed by atoms with Gasteiger partial charge in [0.05, 0.1) is 0 Å². The van der Waals surface area contributed by atoms with Crippen LogP contribution >= 0.6 is 0 Å². The van der Waals surface area contributed by atoms with Crippen molar-refractivity contribution < 1.29 is 13.9 Å². The maximum atomic E-state index is 11.8. The quantitative estimate of drug-likeness (QED) is 0.655. The summed E-state index contributed by atoms with van der Waals surface area (Å²) in [5.41, 5.74) is 5.29. The van der Waals surface area contributed by atoms with Crippen LogP contribution in [0, 0.1) is 5.92 Å². The second-order valence-electron chi connectivity index (χ2n) is 3.12. The highest BCUT2D eigenvalue weighted by molar-refractivity contribution is 4.74. The Morgan fingerprint density at radius 3 is 2.09 bits per heavy atom. The summed E-state index contributed by atoms with van der Waals surface area (Å²) in [5, 5.41) is 8.77. The molecule has 2 unspecified atom stereocenters. The number of alkyl halides is 2. The lowest BCUT2D eigenvalue weighted by atomic mass is 10.0. The van der Waals surface area contributed by atoms with Crippen molar-refractivity contribution in [3.63, 3.8) is 0 Å². The molecule has 0 spiro atoms. The number of hydrogen-bond donors (Lipinski definition) is 2. The maximum Gasteiger partial charge on any atom is 0.265 e. The summed E-state index contributed by atoms with van der Waals surface area (Å²) in [6.45, 7) is 3.75. The summed E-state index contributed by atoms with van der Waals surface area (Å²) >= 11 is 0. The van der Waals surface area contributed by atoms with Gasteiger partial charge in [0, 0.05) is 6.04 Å². The van der Waals surface area contributed by atoms with Gasteiger partial charge in [0.25, 0.3) is 6.43 Å². The van der Waals surface area contributed by atoms with Gasteiger partial charge in [-0.1, -0.05) is 13.8 Å². The largest absolute Gasteiger partial charge is 0.386 e. The van der Waals surface area contributed by atoms with Gasteiger partial charge in [0.15, 0.2) is 0 Å². The molecule has 0 saturated heterocycles. The van der Waals surface area contributed by atoms with Crippen LogP contribution in [0.15, 0.2) is 0 Å². The Balaban J connectivity index is 3.73. The lowest BCUT2D eigenvalue weighted by Gasteiger charge is -2.19. The van der Waals surface area contributed by atoms with E-state index in [2.05, 4.69) is 0 Å². The molecule has 0 aliphatic heterocycles. The van der Waals surface area contributed by atoms with Crippen molar-refractivity contribution in [1.29, 1.82) is 0 Å². The highest BCUT2D eigenvalue weighted by atomic mass is 19.3. The smallest absolute Gasteiger partial charge is 0.265 e. The minimum absolute atomic E-state index is 0.235. The molecule has 0 aromatic rings.